The van der Waals surface area contributed by atoms with E-state index in [1.165, 1.54) is 22.0 Å². The molecule has 1 unspecified atom stereocenters. The Bertz CT molecular complexity index is 668. The van der Waals surface area contributed by atoms with Crippen LogP contribution in [0.1, 0.15) is 11.6 Å². The fourth-order valence-electron chi connectivity index (χ4n) is 2.71. The molecule has 16 heavy (non-hydrogen) atoms. The molecule has 1 aliphatic heterocycles. The van der Waals surface area contributed by atoms with E-state index in [0.717, 1.165) is 0 Å². The average molecular weight is 205 g/mol. The standard InChI is InChI=1S/C15H11N/c1-2-7-14-12(4-1)10-13-6-3-5-11-8-9-16(14)15(11)13/h1-10,14H. The predicted octanol–water partition coefficient (Wildman–Crippen LogP) is 3.71. The van der Waals surface area contributed by atoms with Gasteiger partial charge < -0.3 is 4.57 Å². The summed E-state index contributed by atoms with van der Waals surface area (Å²) in [5.41, 5.74) is 4.06. The average Bonchev–Trinajstić information content (AvgIpc) is 2.76. The third kappa shape index (κ3) is 0.904. The number of hydrogen-bond donors (Lipinski definition) is 0. The molecule has 0 bridgehead atoms. The van der Waals surface area contributed by atoms with E-state index in [4.69, 9.17) is 0 Å². The van der Waals surface area contributed by atoms with Gasteiger partial charge in [0.2, 0.25) is 0 Å². The number of benzene rings is 1. The SMILES string of the molecule is C1=CC2=Cc3cccc4ccn(c34)C2C=C1. The minimum Gasteiger partial charge on any atom is -0.336 e. The number of aromatic nitrogens is 1. The first-order chi connectivity index (χ1) is 7.93. The molecule has 1 nitrogen and oxygen atoms in total. The Hall–Kier alpha value is -2.02. The van der Waals surface area contributed by atoms with Crippen LogP contribution in [0, 0.1) is 0 Å². The number of rotatable bonds is 0. The van der Waals surface area contributed by atoms with Gasteiger partial charge in [0, 0.05) is 11.6 Å². The minimum atomic E-state index is 0.386. The van der Waals surface area contributed by atoms with Crippen molar-refractivity contribution in [3.63, 3.8) is 0 Å². The molecule has 1 aromatic carbocycles. The van der Waals surface area contributed by atoms with Gasteiger partial charge in [0.1, 0.15) is 0 Å². The number of fused-ring (bicyclic) bond motifs is 2. The van der Waals surface area contributed by atoms with E-state index in [9.17, 15) is 0 Å². The molecule has 1 heteroatoms. The Kier molecular flexibility index (Phi) is 1.41. The zero-order chi connectivity index (χ0) is 10.5. The Morgan fingerprint density at radius 2 is 2.06 bits per heavy atom. The van der Waals surface area contributed by atoms with Gasteiger partial charge in [-0.2, -0.15) is 0 Å². The van der Waals surface area contributed by atoms with E-state index < -0.39 is 0 Å². The van der Waals surface area contributed by atoms with Crippen LogP contribution in [0.3, 0.4) is 0 Å². The van der Waals surface area contributed by atoms with Crippen LogP contribution in [0.15, 0.2) is 60.3 Å². The summed E-state index contributed by atoms with van der Waals surface area (Å²) >= 11 is 0. The molecule has 0 saturated heterocycles. The second-order valence-electron chi connectivity index (χ2n) is 4.34. The van der Waals surface area contributed by atoms with Gasteiger partial charge in [0.05, 0.1) is 11.6 Å². The van der Waals surface area contributed by atoms with Gasteiger partial charge in [-0.3, -0.25) is 0 Å². The molecule has 1 aliphatic carbocycles. The second-order valence-corrected chi connectivity index (χ2v) is 4.34. The van der Waals surface area contributed by atoms with Crippen molar-refractivity contribution >= 4 is 17.0 Å². The van der Waals surface area contributed by atoms with Gasteiger partial charge in [0.25, 0.3) is 0 Å². The lowest BCUT2D eigenvalue weighted by Crippen LogP contribution is -2.12. The first-order valence-corrected chi connectivity index (χ1v) is 5.59. The van der Waals surface area contributed by atoms with Crippen molar-refractivity contribution in [1.82, 2.24) is 4.57 Å². The summed E-state index contributed by atoms with van der Waals surface area (Å²) in [5, 5.41) is 1.33. The number of para-hydroxylation sites is 1. The van der Waals surface area contributed by atoms with Crippen LogP contribution in [0.4, 0.5) is 0 Å². The molecule has 0 spiro atoms. The molecule has 0 saturated carbocycles. The topological polar surface area (TPSA) is 4.93 Å². The molecule has 1 aromatic heterocycles. The highest BCUT2D eigenvalue weighted by molar-refractivity contribution is 5.91. The highest BCUT2D eigenvalue weighted by Gasteiger charge is 2.20. The lowest BCUT2D eigenvalue weighted by atomic mass is 9.95. The van der Waals surface area contributed by atoms with Crippen LogP contribution >= 0.6 is 0 Å². The van der Waals surface area contributed by atoms with Crippen molar-refractivity contribution in [3.05, 3.63) is 65.9 Å². The molecule has 76 valence electrons. The lowest BCUT2D eigenvalue weighted by molar-refractivity contribution is 0.721. The molecule has 2 heterocycles. The fraction of sp³-hybridized carbons (Fsp3) is 0.0667. The maximum absolute atomic E-state index is 2.36. The molecule has 2 aliphatic rings. The molecule has 0 amide bonds. The van der Waals surface area contributed by atoms with Gasteiger partial charge in [-0.05, 0) is 23.3 Å². The molecule has 1 atom stereocenters. The van der Waals surface area contributed by atoms with Crippen molar-refractivity contribution in [1.29, 1.82) is 0 Å². The van der Waals surface area contributed by atoms with E-state index in [0.29, 0.717) is 6.04 Å². The molecular weight excluding hydrogens is 194 g/mol. The van der Waals surface area contributed by atoms with E-state index >= 15 is 0 Å². The summed E-state index contributed by atoms with van der Waals surface area (Å²) in [6, 6.07) is 9.08. The largest absolute Gasteiger partial charge is 0.336 e. The highest BCUT2D eigenvalue weighted by Crippen LogP contribution is 2.36. The molecular formula is C15H11N. The first kappa shape index (κ1) is 8.17. The molecule has 4 rings (SSSR count). The summed E-state index contributed by atoms with van der Waals surface area (Å²) in [7, 11) is 0. The van der Waals surface area contributed by atoms with Crippen molar-refractivity contribution in [2.75, 3.05) is 0 Å². The highest BCUT2D eigenvalue weighted by atomic mass is 15.0. The Labute approximate surface area is 94.0 Å². The zero-order valence-corrected chi connectivity index (χ0v) is 8.80. The van der Waals surface area contributed by atoms with E-state index in [2.05, 4.69) is 65.4 Å². The Balaban J connectivity index is 2.14. The fourth-order valence-corrected chi connectivity index (χ4v) is 2.71. The third-order valence-corrected chi connectivity index (χ3v) is 3.43. The molecule has 2 aromatic rings. The van der Waals surface area contributed by atoms with E-state index in [-0.39, 0.29) is 0 Å². The number of hydrogen-bond acceptors (Lipinski definition) is 0. The summed E-state index contributed by atoms with van der Waals surface area (Å²) in [5.74, 6) is 0. The Morgan fingerprint density at radius 3 is 3.06 bits per heavy atom. The summed E-state index contributed by atoms with van der Waals surface area (Å²) in [6.07, 6.45) is 13.2. The van der Waals surface area contributed by atoms with Gasteiger partial charge in [0.15, 0.2) is 0 Å². The van der Waals surface area contributed by atoms with Gasteiger partial charge >= 0.3 is 0 Å². The normalized spacial score (nSPS) is 21.0. The van der Waals surface area contributed by atoms with Crippen molar-refractivity contribution in [2.45, 2.75) is 6.04 Å². The van der Waals surface area contributed by atoms with E-state index in [1.54, 1.807) is 0 Å². The van der Waals surface area contributed by atoms with Crippen LogP contribution in [0.25, 0.3) is 17.0 Å². The minimum absolute atomic E-state index is 0.386. The quantitative estimate of drug-likeness (QED) is 0.618. The zero-order valence-electron chi connectivity index (χ0n) is 8.80. The summed E-state index contributed by atoms with van der Waals surface area (Å²) < 4.78 is 2.36. The number of nitrogens with zero attached hydrogens (tertiary/aromatic N) is 1. The smallest absolute Gasteiger partial charge is 0.0773 e. The number of allylic oxidation sites excluding steroid dienone is 5. The summed E-state index contributed by atoms with van der Waals surface area (Å²) in [4.78, 5) is 0. The van der Waals surface area contributed by atoms with Crippen LogP contribution in [0.5, 0.6) is 0 Å². The van der Waals surface area contributed by atoms with Gasteiger partial charge in [-0.25, -0.2) is 0 Å². The van der Waals surface area contributed by atoms with E-state index in [1.807, 2.05) is 0 Å². The second kappa shape index (κ2) is 2.76. The van der Waals surface area contributed by atoms with Gasteiger partial charge in [-0.1, -0.05) is 42.5 Å². The van der Waals surface area contributed by atoms with Crippen LogP contribution in [0.2, 0.25) is 0 Å². The maximum Gasteiger partial charge on any atom is 0.0773 e. The first-order valence-electron chi connectivity index (χ1n) is 5.59. The van der Waals surface area contributed by atoms with Crippen LogP contribution in [-0.4, -0.2) is 4.57 Å². The van der Waals surface area contributed by atoms with Crippen molar-refractivity contribution < 1.29 is 0 Å². The van der Waals surface area contributed by atoms with Crippen LogP contribution in [-0.2, 0) is 0 Å². The van der Waals surface area contributed by atoms with Crippen molar-refractivity contribution in [3.8, 4) is 0 Å². The maximum atomic E-state index is 2.36. The molecule has 0 radical (unpaired) electrons. The lowest BCUT2D eigenvalue weighted by Gasteiger charge is -2.25. The Morgan fingerprint density at radius 1 is 1.06 bits per heavy atom. The van der Waals surface area contributed by atoms with Crippen molar-refractivity contribution in [2.24, 2.45) is 0 Å². The van der Waals surface area contributed by atoms with Crippen LogP contribution < -0.4 is 0 Å². The molecule has 0 fully saturated rings. The summed E-state index contributed by atoms with van der Waals surface area (Å²) in [6.45, 7) is 0. The monoisotopic (exact) mass is 205 g/mol. The molecule has 0 N–H and O–H groups in total. The predicted molar refractivity (Wildman–Crippen MR) is 67.2 cm³/mol. The third-order valence-electron chi connectivity index (χ3n) is 3.43. The van der Waals surface area contributed by atoms with Gasteiger partial charge in [-0.15, -0.1) is 0 Å².